The predicted octanol–water partition coefficient (Wildman–Crippen LogP) is 5.10. The SMILES string of the molecule is N#Cc1c(N)c(C#N)c2c(c1-c1ccccc1Cl)CCc1ccccc1-2. The van der Waals surface area contributed by atoms with Crippen molar-refractivity contribution in [1.82, 2.24) is 0 Å². The maximum absolute atomic E-state index is 9.79. The number of benzene rings is 3. The summed E-state index contributed by atoms with van der Waals surface area (Å²) in [7, 11) is 0. The summed E-state index contributed by atoms with van der Waals surface area (Å²) in [5.41, 5.74) is 12.7. The molecule has 0 radical (unpaired) electrons. The number of nitrogens with zero attached hydrogens (tertiary/aromatic N) is 2. The van der Waals surface area contributed by atoms with E-state index in [1.807, 2.05) is 36.4 Å². The van der Waals surface area contributed by atoms with Crippen molar-refractivity contribution in [2.24, 2.45) is 0 Å². The van der Waals surface area contributed by atoms with Gasteiger partial charge in [-0.3, -0.25) is 0 Å². The lowest BCUT2D eigenvalue weighted by Crippen LogP contribution is -2.12. The third-order valence-electron chi connectivity index (χ3n) is 4.94. The number of hydrogen-bond acceptors (Lipinski definition) is 3. The molecule has 3 aromatic rings. The van der Waals surface area contributed by atoms with E-state index in [1.165, 1.54) is 5.56 Å². The Balaban J connectivity index is 2.20. The van der Waals surface area contributed by atoms with Crippen molar-refractivity contribution >= 4 is 17.3 Å². The maximum atomic E-state index is 9.79. The van der Waals surface area contributed by atoms with Gasteiger partial charge in [-0.1, -0.05) is 54.1 Å². The van der Waals surface area contributed by atoms with E-state index in [9.17, 15) is 10.5 Å². The fraction of sp³-hybridized carbons (Fsp3) is 0.0909. The van der Waals surface area contributed by atoms with Crippen LogP contribution in [0.15, 0.2) is 48.5 Å². The fourth-order valence-corrected chi connectivity index (χ4v) is 4.03. The molecule has 0 amide bonds. The number of nitrogen functional groups attached to an aromatic ring is 1. The molecule has 3 aromatic carbocycles. The molecule has 2 N–H and O–H groups in total. The number of rotatable bonds is 1. The standard InChI is InChI=1S/C22H14ClN3/c23-19-8-4-3-7-15(19)21-16-10-9-13-5-1-2-6-14(13)20(16)17(11-24)22(26)18(21)12-25/h1-8H,9-10,26H2. The highest BCUT2D eigenvalue weighted by Gasteiger charge is 2.28. The minimum absolute atomic E-state index is 0.223. The first-order valence-electron chi connectivity index (χ1n) is 8.29. The summed E-state index contributed by atoms with van der Waals surface area (Å²) < 4.78 is 0. The Hall–Kier alpha value is -3.27. The molecule has 0 saturated heterocycles. The van der Waals surface area contributed by atoms with Gasteiger partial charge in [0.1, 0.15) is 12.1 Å². The summed E-state index contributed by atoms with van der Waals surface area (Å²) in [6, 6.07) is 19.9. The number of nitriles is 2. The normalized spacial score (nSPS) is 11.8. The van der Waals surface area contributed by atoms with Crippen LogP contribution < -0.4 is 5.73 Å². The number of halogens is 1. The van der Waals surface area contributed by atoms with Crippen molar-refractivity contribution < 1.29 is 0 Å². The lowest BCUT2D eigenvalue weighted by Gasteiger charge is -2.26. The molecule has 0 bridgehead atoms. The zero-order chi connectivity index (χ0) is 18.3. The second-order valence-electron chi connectivity index (χ2n) is 6.25. The zero-order valence-corrected chi connectivity index (χ0v) is 14.6. The van der Waals surface area contributed by atoms with E-state index in [2.05, 4.69) is 18.2 Å². The lowest BCUT2D eigenvalue weighted by molar-refractivity contribution is 0.942. The van der Waals surface area contributed by atoms with Crippen molar-refractivity contribution in [3.63, 3.8) is 0 Å². The fourth-order valence-electron chi connectivity index (χ4n) is 3.80. The van der Waals surface area contributed by atoms with Gasteiger partial charge in [0, 0.05) is 21.7 Å². The van der Waals surface area contributed by atoms with E-state index in [1.54, 1.807) is 6.07 Å². The summed E-state index contributed by atoms with van der Waals surface area (Å²) in [5.74, 6) is 0. The Morgan fingerprint density at radius 1 is 0.808 bits per heavy atom. The molecule has 0 spiro atoms. The number of nitrogens with two attached hydrogens (primary N) is 1. The molecule has 0 aliphatic heterocycles. The molecule has 124 valence electrons. The van der Waals surface area contributed by atoms with Crippen LogP contribution in [-0.2, 0) is 12.8 Å². The molecule has 1 aliphatic carbocycles. The van der Waals surface area contributed by atoms with E-state index in [-0.39, 0.29) is 5.69 Å². The second-order valence-corrected chi connectivity index (χ2v) is 6.66. The van der Waals surface area contributed by atoms with Crippen molar-refractivity contribution in [2.45, 2.75) is 12.8 Å². The van der Waals surface area contributed by atoms with Gasteiger partial charge in [0.25, 0.3) is 0 Å². The van der Waals surface area contributed by atoms with Crippen molar-refractivity contribution in [3.05, 3.63) is 75.8 Å². The minimum Gasteiger partial charge on any atom is -0.397 e. The van der Waals surface area contributed by atoms with Crippen LogP contribution in [-0.4, -0.2) is 0 Å². The summed E-state index contributed by atoms with van der Waals surface area (Å²) in [6.07, 6.45) is 1.58. The monoisotopic (exact) mass is 355 g/mol. The Labute approximate surface area is 156 Å². The molecule has 0 saturated carbocycles. The van der Waals surface area contributed by atoms with Gasteiger partial charge in [0.05, 0.1) is 16.8 Å². The van der Waals surface area contributed by atoms with E-state index in [0.717, 1.165) is 40.7 Å². The zero-order valence-electron chi connectivity index (χ0n) is 13.9. The average Bonchev–Trinajstić information content (AvgIpc) is 2.67. The Kier molecular flexibility index (Phi) is 3.88. The Bertz CT molecular complexity index is 1130. The van der Waals surface area contributed by atoms with Crippen LogP contribution in [0.1, 0.15) is 22.3 Å². The predicted molar refractivity (Wildman–Crippen MR) is 104 cm³/mol. The van der Waals surface area contributed by atoms with Crippen LogP contribution in [0.3, 0.4) is 0 Å². The molecule has 0 fully saturated rings. The Morgan fingerprint density at radius 3 is 2.04 bits per heavy atom. The second kappa shape index (κ2) is 6.23. The molecular formula is C22H14ClN3. The topological polar surface area (TPSA) is 73.6 Å². The highest BCUT2D eigenvalue weighted by Crippen LogP contribution is 2.46. The van der Waals surface area contributed by atoms with Crippen LogP contribution in [0.5, 0.6) is 0 Å². The van der Waals surface area contributed by atoms with Crippen LogP contribution in [0.25, 0.3) is 22.3 Å². The number of fused-ring (bicyclic) bond motifs is 3. The van der Waals surface area contributed by atoms with E-state index in [0.29, 0.717) is 16.1 Å². The molecule has 3 nitrogen and oxygen atoms in total. The molecule has 0 heterocycles. The van der Waals surface area contributed by atoms with Gasteiger partial charge in [-0.05, 0) is 35.6 Å². The van der Waals surface area contributed by atoms with Gasteiger partial charge in [0.2, 0.25) is 0 Å². The smallest absolute Gasteiger partial charge is 0.102 e. The van der Waals surface area contributed by atoms with Gasteiger partial charge >= 0.3 is 0 Å². The molecule has 0 unspecified atom stereocenters. The van der Waals surface area contributed by atoms with Crippen LogP contribution in [0.2, 0.25) is 5.02 Å². The summed E-state index contributed by atoms with van der Waals surface area (Å²) in [4.78, 5) is 0. The third-order valence-corrected chi connectivity index (χ3v) is 5.27. The average molecular weight is 356 g/mol. The first-order chi connectivity index (χ1) is 12.7. The molecule has 0 atom stereocenters. The molecular weight excluding hydrogens is 342 g/mol. The summed E-state index contributed by atoms with van der Waals surface area (Å²) in [6.45, 7) is 0. The van der Waals surface area contributed by atoms with Crippen molar-refractivity contribution in [1.29, 1.82) is 10.5 Å². The number of hydrogen-bond donors (Lipinski definition) is 1. The summed E-state index contributed by atoms with van der Waals surface area (Å²) >= 11 is 6.44. The van der Waals surface area contributed by atoms with Crippen LogP contribution in [0, 0.1) is 22.7 Å². The summed E-state index contributed by atoms with van der Waals surface area (Å²) in [5, 5.41) is 20.1. The van der Waals surface area contributed by atoms with Gasteiger partial charge in [-0.15, -0.1) is 0 Å². The van der Waals surface area contributed by atoms with E-state index >= 15 is 0 Å². The molecule has 4 heteroatoms. The van der Waals surface area contributed by atoms with Gasteiger partial charge in [-0.25, -0.2) is 0 Å². The number of aryl methyl sites for hydroxylation is 1. The van der Waals surface area contributed by atoms with E-state index in [4.69, 9.17) is 17.3 Å². The lowest BCUT2D eigenvalue weighted by atomic mass is 9.77. The van der Waals surface area contributed by atoms with E-state index < -0.39 is 0 Å². The first-order valence-corrected chi connectivity index (χ1v) is 8.66. The highest BCUT2D eigenvalue weighted by molar-refractivity contribution is 6.33. The third kappa shape index (κ3) is 2.26. The van der Waals surface area contributed by atoms with Crippen LogP contribution >= 0.6 is 11.6 Å². The number of anilines is 1. The molecule has 1 aliphatic rings. The van der Waals surface area contributed by atoms with Gasteiger partial charge in [-0.2, -0.15) is 10.5 Å². The van der Waals surface area contributed by atoms with Crippen molar-refractivity contribution in [2.75, 3.05) is 5.73 Å². The first kappa shape index (κ1) is 16.2. The van der Waals surface area contributed by atoms with Crippen LogP contribution in [0.4, 0.5) is 5.69 Å². The quantitative estimate of drug-likeness (QED) is 0.617. The largest absolute Gasteiger partial charge is 0.397 e. The maximum Gasteiger partial charge on any atom is 0.102 e. The minimum atomic E-state index is 0.223. The molecule has 4 rings (SSSR count). The molecule has 0 aromatic heterocycles. The van der Waals surface area contributed by atoms with Gasteiger partial charge in [0.15, 0.2) is 0 Å². The molecule has 26 heavy (non-hydrogen) atoms. The van der Waals surface area contributed by atoms with Crippen molar-refractivity contribution in [3.8, 4) is 34.4 Å². The Morgan fingerprint density at radius 2 is 1.38 bits per heavy atom. The highest BCUT2D eigenvalue weighted by atomic mass is 35.5. The van der Waals surface area contributed by atoms with Gasteiger partial charge < -0.3 is 5.73 Å².